The normalized spacial score (nSPS) is 18.5. The third-order valence-corrected chi connectivity index (χ3v) is 4.05. The first-order valence-corrected chi connectivity index (χ1v) is 6.80. The topological polar surface area (TPSA) is 20.3 Å². The molecule has 0 radical (unpaired) electrons. The summed E-state index contributed by atoms with van der Waals surface area (Å²) < 4.78 is 0.802. The van der Waals surface area contributed by atoms with Crippen molar-refractivity contribution in [2.24, 2.45) is 5.41 Å². The van der Waals surface area contributed by atoms with Gasteiger partial charge in [-0.05, 0) is 46.0 Å². The van der Waals surface area contributed by atoms with Crippen LogP contribution in [-0.2, 0) is 0 Å². The second-order valence-electron chi connectivity index (χ2n) is 5.27. The number of amides is 1. The first-order valence-electron chi connectivity index (χ1n) is 5.63. The molecule has 4 heteroatoms. The van der Waals surface area contributed by atoms with E-state index in [2.05, 4.69) is 29.8 Å². The summed E-state index contributed by atoms with van der Waals surface area (Å²) in [5.41, 5.74) is 0.871. The smallest absolute Gasteiger partial charge is 0.255 e. The van der Waals surface area contributed by atoms with Crippen LogP contribution in [0, 0.1) is 5.41 Å². The van der Waals surface area contributed by atoms with Crippen molar-refractivity contribution < 1.29 is 4.79 Å². The summed E-state index contributed by atoms with van der Waals surface area (Å²) in [7, 11) is 0. The van der Waals surface area contributed by atoms with Crippen molar-refractivity contribution in [2.45, 2.75) is 20.3 Å². The molecule has 0 atom stereocenters. The third-order valence-electron chi connectivity index (χ3n) is 3.12. The molecule has 1 aliphatic rings. The average molecular weight is 317 g/mol. The zero-order valence-electron chi connectivity index (χ0n) is 9.96. The number of benzene rings is 1. The molecule has 1 heterocycles. The monoisotopic (exact) mass is 315 g/mol. The highest BCUT2D eigenvalue weighted by atomic mass is 79.9. The summed E-state index contributed by atoms with van der Waals surface area (Å²) in [6.45, 7) is 6.01. The predicted molar refractivity (Wildman–Crippen MR) is 73.5 cm³/mol. The Kier molecular flexibility index (Phi) is 3.50. The van der Waals surface area contributed by atoms with Crippen molar-refractivity contribution in [1.82, 2.24) is 4.90 Å². The molecule has 1 saturated heterocycles. The number of hydrogen-bond donors (Lipinski definition) is 0. The van der Waals surface area contributed by atoms with Gasteiger partial charge in [-0.1, -0.05) is 25.4 Å². The SMILES string of the molecule is CC1(C)CCN(C(=O)c2cc(Cl)ccc2Br)C1. The summed E-state index contributed by atoms with van der Waals surface area (Å²) >= 11 is 9.33. The Labute approximate surface area is 115 Å². The van der Waals surface area contributed by atoms with Crippen LogP contribution in [0.2, 0.25) is 5.02 Å². The van der Waals surface area contributed by atoms with E-state index in [0.717, 1.165) is 24.0 Å². The second kappa shape index (κ2) is 4.62. The maximum absolute atomic E-state index is 12.3. The quantitative estimate of drug-likeness (QED) is 0.767. The number of hydrogen-bond acceptors (Lipinski definition) is 1. The van der Waals surface area contributed by atoms with Crippen molar-refractivity contribution in [3.05, 3.63) is 33.3 Å². The number of carbonyl (C=O) groups is 1. The minimum Gasteiger partial charge on any atom is -0.338 e. The van der Waals surface area contributed by atoms with Gasteiger partial charge in [0.05, 0.1) is 5.56 Å². The summed E-state index contributed by atoms with van der Waals surface area (Å²) in [6, 6.07) is 5.31. The van der Waals surface area contributed by atoms with E-state index in [-0.39, 0.29) is 11.3 Å². The van der Waals surface area contributed by atoms with E-state index in [0.29, 0.717) is 10.6 Å². The van der Waals surface area contributed by atoms with Gasteiger partial charge in [0.2, 0.25) is 0 Å². The van der Waals surface area contributed by atoms with E-state index >= 15 is 0 Å². The number of likely N-dealkylation sites (tertiary alicyclic amines) is 1. The van der Waals surface area contributed by atoms with Crippen LogP contribution in [0.1, 0.15) is 30.6 Å². The largest absolute Gasteiger partial charge is 0.338 e. The lowest BCUT2D eigenvalue weighted by molar-refractivity contribution is 0.0777. The van der Waals surface area contributed by atoms with Crippen molar-refractivity contribution in [3.8, 4) is 0 Å². The lowest BCUT2D eigenvalue weighted by Crippen LogP contribution is -2.30. The molecule has 0 spiro atoms. The van der Waals surface area contributed by atoms with Crippen molar-refractivity contribution >= 4 is 33.4 Å². The highest BCUT2D eigenvalue weighted by Gasteiger charge is 2.32. The zero-order valence-corrected chi connectivity index (χ0v) is 12.3. The molecule has 0 bridgehead atoms. The van der Waals surface area contributed by atoms with Crippen LogP contribution in [0.25, 0.3) is 0 Å². The molecule has 0 N–H and O–H groups in total. The number of carbonyl (C=O) groups excluding carboxylic acids is 1. The van der Waals surface area contributed by atoms with Gasteiger partial charge in [0.1, 0.15) is 0 Å². The Morgan fingerprint density at radius 1 is 1.47 bits per heavy atom. The van der Waals surface area contributed by atoms with Crippen molar-refractivity contribution in [2.75, 3.05) is 13.1 Å². The molecule has 0 unspecified atom stereocenters. The highest BCUT2D eigenvalue weighted by Crippen LogP contribution is 2.31. The molecule has 1 fully saturated rings. The van der Waals surface area contributed by atoms with Crippen molar-refractivity contribution in [1.29, 1.82) is 0 Å². The van der Waals surface area contributed by atoms with E-state index in [1.807, 2.05) is 11.0 Å². The standard InChI is InChI=1S/C13H15BrClNO/c1-13(2)5-6-16(8-13)12(17)10-7-9(15)3-4-11(10)14/h3-4,7H,5-6,8H2,1-2H3. The molecule has 92 valence electrons. The summed E-state index contributed by atoms with van der Waals surface area (Å²) in [4.78, 5) is 14.2. The first-order chi connectivity index (χ1) is 7.89. The molecule has 1 aromatic carbocycles. The molecule has 0 aromatic heterocycles. The molecule has 1 amide bonds. The Bertz CT molecular complexity index is 459. The Balaban J connectivity index is 2.23. The minimum atomic E-state index is 0.0601. The van der Waals surface area contributed by atoms with E-state index in [1.54, 1.807) is 12.1 Å². The van der Waals surface area contributed by atoms with E-state index in [1.165, 1.54) is 0 Å². The maximum atomic E-state index is 12.3. The van der Waals surface area contributed by atoms with Gasteiger partial charge < -0.3 is 4.90 Å². The van der Waals surface area contributed by atoms with Crippen LogP contribution in [-0.4, -0.2) is 23.9 Å². The molecule has 0 aliphatic carbocycles. The van der Waals surface area contributed by atoms with Gasteiger partial charge in [0.25, 0.3) is 5.91 Å². The summed E-state index contributed by atoms with van der Waals surface area (Å²) in [5, 5.41) is 0.593. The lowest BCUT2D eigenvalue weighted by atomic mass is 9.93. The van der Waals surface area contributed by atoms with Crippen LogP contribution >= 0.6 is 27.5 Å². The summed E-state index contributed by atoms with van der Waals surface area (Å²) in [5.74, 6) is 0.0601. The lowest BCUT2D eigenvalue weighted by Gasteiger charge is -2.20. The van der Waals surface area contributed by atoms with Gasteiger partial charge >= 0.3 is 0 Å². The Hall–Kier alpha value is -0.540. The van der Waals surface area contributed by atoms with E-state index in [4.69, 9.17) is 11.6 Å². The minimum absolute atomic E-state index is 0.0601. The van der Waals surface area contributed by atoms with Gasteiger partial charge in [-0.2, -0.15) is 0 Å². The van der Waals surface area contributed by atoms with Gasteiger partial charge in [-0.15, -0.1) is 0 Å². The van der Waals surface area contributed by atoms with Crippen LogP contribution in [0.4, 0.5) is 0 Å². The second-order valence-corrected chi connectivity index (χ2v) is 6.56. The molecule has 1 aromatic rings. The van der Waals surface area contributed by atoms with E-state index < -0.39 is 0 Å². The van der Waals surface area contributed by atoms with Crippen LogP contribution in [0.15, 0.2) is 22.7 Å². The Morgan fingerprint density at radius 2 is 2.18 bits per heavy atom. The zero-order chi connectivity index (χ0) is 12.6. The average Bonchev–Trinajstić information content (AvgIpc) is 2.61. The molecular formula is C13H15BrClNO. The van der Waals surface area contributed by atoms with Gasteiger partial charge in [0.15, 0.2) is 0 Å². The number of halogens is 2. The summed E-state index contributed by atoms with van der Waals surface area (Å²) in [6.07, 6.45) is 1.05. The molecule has 1 aliphatic heterocycles. The highest BCUT2D eigenvalue weighted by molar-refractivity contribution is 9.10. The fraction of sp³-hybridized carbons (Fsp3) is 0.462. The molecular weight excluding hydrogens is 302 g/mol. The molecule has 2 nitrogen and oxygen atoms in total. The first kappa shape index (κ1) is 12.9. The fourth-order valence-electron chi connectivity index (χ4n) is 2.12. The molecule has 0 saturated carbocycles. The number of nitrogens with zero attached hydrogens (tertiary/aromatic N) is 1. The molecule has 2 rings (SSSR count). The predicted octanol–water partition coefficient (Wildman–Crippen LogP) is 3.97. The van der Waals surface area contributed by atoms with Crippen molar-refractivity contribution in [3.63, 3.8) is 0 Å². The maximum Gasteiger partial charge on any atom is 0.255 e. The van der Waals surface area contributed by atoms with E-state index in [9.17, 15) is 4.79 Å². The number of rotatable bonds is 1. The van der Waals surface area contributed by atoms with Crippen LogP contribution in [0.5, 0.6) is 0 Å². The van der Waals surface area contributed by atoms with Crippen LogP contribution < -0.4 is 0 Å². The molecule has 17 heavy (non-hydrogen) atoms. The van der Waals surface area contributed by atoms with Gasteiger partial charge in [-0.3, -0.25) is 4.79 Å². The Morgan fingerprint density at radius 3 is 2.76 bits per heavy atom. The van der Waals surface area contributed by atoms with Gasteiger partial charge in [-0.25, -0.2) is 0 Å². The third kappa shape index (κ3) is 2.83. The van der Waals surface area contributed by atoms with Crippen LogP contribution in [0.3, 0.4) is 0 Å². The van der Waals surface area contributed by atoms with Gasteiger partial charge in [0, 0.05) is 22.6 Å². The fourth-order valence-corrected chi connectivity index (χ4v) is 2.71.